The molecule has 1 N–H and O–H groups in total. The molecule has 1 aliphatic carbocycles. The number of nitrogens with zero attached hydrogens (tertiary/aromatic N) is 1. The van der Waals surface area contributed by atoms with E-state index in [0.29, 0.717) is 24.2 Å². The van der Waals surface area contributed by atoms with Gasteiger partial charge in [0, 0.05) is 24.2 Å². The zero-order valence-corrected chi connectivity index (χ0v) is 13.6. The van der Waals surface area contributed by atoms with Crippen LogP contribution in [0.5, 0.6) is 0 Å². The number of carbonyl (C=O) groups excluding carboxylic acids is 3. The Labute approximate surface area is 140 Å². The molecule has 1 aromatic rings. The Balaban J connectivity index is 2.05. The first-order valence-electron chi connectivity index (χ1n) is 8.25. The van der Waals surface area contributed by atoms with Crippen molar-refractivity contribution in [3.05, 3.63) is 46.8 Å². The summed E-state index contributed by atoms with van der Waals surface area (Å²) in [4.78, 5) is 39.6. The van der Waals surface area contributed by atoms with E-state index in [0.717, 1.165) is 19.3 Å². The number of allylic oxidation sites excluding steroid dienone is 2. The summed E-state index contributed by atoms with van der Waals surface area (Å²) in [5, 5.41) is 2.49. The molecule has 1 amide bonds. The van der Waals surface area contributed by atoms with Crippen molar-refractivity contribution in [1.29, 1.82) is 0 Å². The number of ether oxygens (including phenoxy) is 1. The molecule has 3 rings (SSSR count). The normalized spacial score (nSPS) is 17.6. The third-order valence-corrected chi connectivity index (χ3v) is 4.27. The summed E-state index contributed by atoms with van der Waals surface area (Å²) in [7, 11) is 0. The van der Waals surface area contributed by atoms with Crippen LogP contribution in [0.15, 0.2) is 35.7 Å². The van der Waals surface area contributed by atoms with Gasteiger partial charge in [0.25, 0.3) is 0 Å². The molecule has 0 atom stereocenters. The van der Waals surface area contributed by atoms with Crippen molar-refractivity contribution in [2.45, 2.75) is 26.2 Å². The van der Waals surface area contributed by atoms with Gasteiger partial charge < -0.3 is 9.64 Å². The number of piperidine rings is 1. The van der Waals surface area contributed by atoms with Crippen molar-refractivity contribution in [3.8, 4) is 0 Å². The Morgan fingerprint density at radius 3 is 2.33 bits per heavy atom. The first-order chi connectivity index (χ1) is 11.6. The van der Waals surface area contributed by atoms with Crippen LogP contribution in [0.2, 0.25) is 0 Å². The van der Waals surface area contributed by atoms with E-state index in [-0.39, 0.29) is 29.6 Å². The fourth-order valence-corrected chi connectivity index (χ4v) is 3.17. The molecule has 0 saturated carbocycles. The van der Waals surface area contributed by atoms with E-state index < -0.39 is 6.09 Å². The van der Waals surface area contributed by atoms with Crippen LogP contribution in [0, 0.1) is 0 Å². The van der Waals surface area contributed by atoms with Crippen LogP contribution in [-0.2, 0) is 4.74 Å². The van der Waals surface area contributed by atoms with Gasteiger partial charge in [-0.15, -0.1) is 0 Å². The summed E-state index contributed by atoms with van der Waals surface area (Å²) in [5.74, 6) is -0.572. The number of hydrogen-bond acceptors (Lipinski definition) is 5. The average molecular weight is 328 g/mol. The zero-order valence-electron chi connectivity index (χ0n) is 13.6. The second-order valence-electron chi connectivity index (χ2n) is 5.82. The van der Waals surface area contributed by atoms with Gasteiger partial charge in [0.2, 0.25) is 11.6 Å². The largest absolute Gasteiger partial charge is 0.450 e. The Bertz CT molecular complexity index is 717. The molecule has 6 heteroatoms. The van der Waals surface area contributed by atoms with Crippen LogP contribution in [0.4, 0.5) is 4.79 Å². The first kappa shape index (κ1) is 16.2. The van der Waals surface area contributed by atoms with Crippen molar-refractivity contribution in [2.24, 2.45) is 0 Å². The molecular formula is C18H20N2O4. The average Bonchev–Trinajstić information content (AvgIpc) is 2.61. The summed E-state index contributed by atoms with van der Waals surface area (Å²) in [6.07, 6.45) is 2.30. The number of benzene rings is 1. The van der Waals surface area contributed by atoms with Crippen LogP contribution in [0.25, 0.3) is 0 Å². The monoisotopic (exact) mass is 328 g/mol. The minimum absolute atomic E-state index is 0.0269. The van der Waals surface area contributed by atoms with Crippen molar-refractivity contribution < 1.29 is 19.1 Å². The molecule has 0 unspecified atom stereocenters. The Kier molecular flexibility index (Phi) is 4.64. The highest BCUT2D eigenvalue weighted by Crippen LogP contribution is 2.29. The lowest BCUT2D eigenvalue weighted by atomic mass is 9.89. The highest BCUT2D eigenvalue weighted by Gasteiger charge is 2.36. The highest BCUT2D eigenvalue weighted by molar-refractivity contribution is 6.27. The van der Waals surface area contributed by atoms with Gasteiger partial charge in [0.15, 0.2) is 0 Å². The zero-order chi connectivity index (χ0) is 17.1. The van der Waals surface area contributed by atoms with Crippen molar-refractivity contribution in [1.82, 2.24) is 10.2 Å². The fourth-order valence-electron chi connectivity index (χ4n) is 3.17. The standard InChI is InChI=1S/C18H20N2O4/c1-2-24-18(23)19-14-15(20-10-6-3-7-11-20)17(22)13-9-5-4-8-12(13)16(14)21/h4-5,8-9H,2-3,6-7,10-11H2,1H3,(H,19,23). The molecule has 0 spiro atoms. The second-order valence-corrected chi connectivity index (χ2v) is 5.82. The number of alkyl carbamates (subject to hydrolysis) is 1. The molecule has 0 bridgehead atoms. The second kappa shape index (κ2) is 6.86. The maximum atomic E-state index is 13.0. The van der Waals surface area contributed by atoms with E-state index in [9.17, 15) is 14.4 Å². The van der Waals surface area contributed by atoms with Gasteiger partial charge in [0.1, 0.15) is 11.4 Å². The van der Waals surface area contributed by atoms with Crippen molar-refractivity contribution >= 4 is 17.7 Å². The number of fused-ring (bicyclic) bond motifs is 1. The van der Waals surface area contributed by atoms with E-state index in [1.165, 1.54) is 0 Å². The lowest BCUT2D eigenvalue weighted by molar-refractivity contribution is 0.0923. The molecule has 126 valence electrons. The van der Waals surface area contributed by atoms with Crippen LogP contribution in [0.1, 0.15) is 46.9 Å². The number of hydrogen-bond donors (Lipinski definition) is 1. The maximum Gasteiger partial charge on any atom is 0.411 e. The molecule has 1 aromatic carbocycles. The van der Waals surface area contributed by atoms with E-state index in [2.05, 4.69) is 5.32 Å². The number of amides is 1. The lowest BCUT2D eigenvalue weighted by Gasteiger charge is -2.33. The van der Waals surface area contributed by atoms with Crippen LogP contribution in [-0.4, -0.2) is 42.3 Å². The smallest absolute Gasteiger partial charge is 0.411 e. The number of Topliss-reactive ketones (excluding diaryl/α,β-unsaturated/α-hetero) is 2. The molecule has 2 aliphatic rings. The van der Waals surface area contributed by atoms with E-state index in [1.54, 1.807) is 31.2 Å². The molecule has 1 aliphatic heterocycles. The van der Waals surface area contributed by atoms with E-state index in [4.69, 9.17) is 4.74 Å². The third kappa shape index (κ3) is 2.91. The van der Waals surface area contributed by atoms with Gasteiger partial charge in [-0.3, -0.25) is 14.9 Å². The molecule has 0 aromatic heterocycles. The lowest BCUT2D eigenvalue weighted by Crippen LogP contribution is -2.42. The van der Waals surface area contributed by atoms with E-state index >= 15 is 0 Å². The number of likely N-dealkylation sites (tertiary alicyclic amines) is 1. The van der Waals surface area contributed by atoms with Gasteiger partial charge in [-0.25, -0.2) is 4.79 Å². The van der Waals surface area contributed by atoms with Crippen LogP contribution < -0.4 is 5.32 Å². The predicted octanol–water partition coefficient (Wildman–Crippen LogP) is 2.51. The number of ketones is 2. The summed E-state index contributed by atoms with van der Waals surface area (Å²) in [6.45, 7) is 3.27. The number of rotatable bonds is 3. The summed E-state index contributed by atoms with van der Waals surface area (Å²) < 4.78 is 4.89. The summed E-state index contributed by atoms with van der Waals surface area (Å²) in [6, 6.07) is 6.70. The Morgan fingerprint density at radius 1 is 1.08 bits per heavy atom. The summed E-state index contributed by atoms with van der Waals surface area (Å²) >= 11 is 0. The SMILES string of the molecule is CCOC(=O)NC1=C(N2CCCCC2)C(=O)c2ccccc2C1=O. The molecule has 0 radical (unpaired) electrons. The van der Waals surface area contributed by atoms with Gasteiger partial charge >= 0.3 is 6.09 Å². The minimum atomic E-state index is -0.720. The van der Waals surface area contributed by atoms with E-state index in [1.807, 2.05) is 4.90 Å². The van der Waals surface area contributed by atoms with Crippen LogP contribution in [0.3, 0.4) is 0 Å². The molecule has 1 heterocycles. The Hall–Kier alpha value is -2.63. The minimum Gasteiger partial charge on any atom is -0.450 e. The molecule has 1 fully saturated rings. The van der Waals surface area contributed by atoms with Crippen LogP contribution >= 0.6 is 0 Å². The summed E-state index contributed by atoms with van der Waals surface area (Å²) in [5.41, 5.74) is 1.01. The highest BCUT2D eigenvalue weighted by atomic mass is 16.5. The van der Waals surface area contributed by atoms with Gasteiger partial charge in [0.05, 0.1) is 6.61 Å². The Morgan fingerprint density at radius 2 is 1.71 bits per heavy atom. The van der Waals surface area contributed by atoms with Gasteiger partial charge in [-0.2, -0.15) is 0 Å². The fraction of sp³-hybridized carbons (Fsp3) is 0.389. The van der Waals surface area contributed by atoms with Gasteiger partial charge in [-0.05, 0) is 26.2 Å². The molecule has 1 saturated heterocycles. The number of carbonyl (C=O) groups is 3. The first-order valence-corrected chi connectivity index (χ1v) is 8.25. The molecule has 24 heavy (non-hydrogen) atoms. The topological polar surface area (TPSA) is 75.7 Å². The predicted molar refractivity (Wildman–Crippen MR) is 87.7 cm³/mol. The maximum absolute atomic E-state index is 13.0. The van der Waals surface area contributed by atoms with Gasteiger partial charge in [-0.1, -0.05) is 24.3 Å². The van der Waals surface area contributed by atoms with Crippen molar-refractivity contribution in [3.63, 3.8) is 0 Å². The molecule has 6 nitrogen and oxygen atoms in total. The van der Waals surface area contributed by atoms with Crippen molar-refractivity contribution in [2.75, 3.05) is 19.7 Å². The quantitative estimate of drug-likeness (QED) is 0.922. The third-order valence-electron chi connectivity index (χ3n) is 4.27. The number of nitrogens with one attached hydrogen (secondary N) is 1. The molecular weight excluding hydrogens is 308 g/mol.